The number of aromatic carboxylic acids is 1. The molecule has 1 saturated heterocycles. The minimum Gasteiger partial charge on any atom is -0.478 e. The van der Waals surface area contributed by atoms with E-state index in [-0.39, 0.29) is 29.9 Å². The maximum atomic E-state index is 14.3. The van der Waals surface area contributed by atoms with Gasteiger partial charge in [0.15, 0.2) is 0 Å². The quantitative estimate of drug-likeness (QED) is 0.658. The highest BCUT2D eigenvalue weighted by molar-refractivity contribution is 6.31. The first-order valence-electron chi connectivity index (χ1n) is 9.74. The first kappa shape index (κ1) is 22.9. The van der Waals surface area contributed by atoms with Crippen molar-refractivity contribution < 1.29 is 23.4 Å². The van der Waals surface area contributed by atoms with Crippen LogP contribution >= 0.6 is 24.0 Å². The highest BCUT2D eigenvalue weighted by Crippen LogP contribution is 2.42. The van der Waals surface area contributed by atoms with Crippen LogP contribution in [0.1, 0.15) is 45.8 Å². The lowest BCUT2D eigenvalue weighted by atomic mass is 9.98. The Morgan fingerprint density at radius 3 is 2.63 bits per heavy atom. The zero-order valence-corrected chi connectivity index (χ0v) is 17.8. The predicted molar refractivity (Wildman–Crippen MR) is 113 cm³/mol. The van der Waals surface area contributed by atoms with Crippen LogP contribution in [0.3, 0.4) is 0 Å². The van der Waals surface area contributed by atoms with Crippen LogP contribution in [0.2, 0.25) is 5.02 Å². The third kappa shape index (κ3) is 5.30. The lowest BCUT2D eigenvalue weighted by molar-refractivity contribution is -0.0305. The molecule has 1 saturated carbocycles. The number of carbonyl (C=O) groups is 1. The Bertz CT molecular complexity index is 937. The number of nitrogens with zero attached hydrogens (tertiary/aromatic N) is 1. The summed E-state index contributed by atoms with van der Waals surface area (Å²) in [4.78, 5) is 13.5. The van der Waals surface area contributed by atoms with E-state index in [1.807, 2.05) is 0 Å². The molecule has 4 rings (SSSR count). The van der Waals surface area contributed by atoms with Gasteiger partial charge in [0.25, 0.3) is 0 Å². The van der Waals surface area contributed by atoms with Gasteiger partial charge in [0.1, 0.15) is 11.6 Å². The number of rotatable bonds is 6. The van der Waals surface area contributed by atoms with Crippen molar-refractivity contribution >= 4 is 30.0 Å². The topological polar surface area (TPSA) is 49.8 Å². The van der Waals surface area contributed by atoms with Crippen LogP contribution in [-0.4, -0.2) is 41.8 Å². The van der Waals surface area contributed by atoms with Crippen LogP contribution in [0, 0.1) is 11.6 Å². The minimum atomic E-state index is -1.24. The number of halogens is 4. The first-order valence-corrected chi connectivity index (χ1v) is 10.1. The molecule has 8 heteroatoms. The second-order valence-electron chi connectivity index (χ2n) is 7.78. The van der Waals surface area contributed by atoms with E-state index in [2.05, 4.69) is 4.90 Å². The molecule has 0 bridgehead atoms. The Kier molecular flexibility index (Phi) is 7.34. The van der Waals surface area contributed by atoms with Gasteiger partial charge in [0.2, 0.25) is 0 Å². The first-order chi connectivity index (χ1) is 13.9. The van der Waals surface area contributed by atoms with Gasteiger partial charge in [-0.25, -0.2) is 13.6 Å². The summed E-state index contributed by atoms with van der Waals surface area (Å²) < 4.78 is 33.4. The fraction of sp³-hybridized carbons (Fsp3) is 0.409. The molecule has 1 N–H and O–H groups in total. The summed E-state index contributed by atoms with van der Waals surface area (Å²) in [6.07, 6.45) is 2.48. The zero-order valence-electron chi connectivity index (χ0n) is 16.2. The summed E-state index contributed by atoms with van der Waals surface area (Å²) in [5.74, 6) is -1.98. The second kappa shape index (κ2) is 9.60. The summed E-state index contributed by atoms with van der Waals surface area (Å²) in [6, 6.07) is 7.23. The van der Waals surface area contributed by atoms with Crippen molar-refractivity contribution in [3.8, 4) is 0 Å². The van der Waals surface area contributed by atoms with Crippen LogP contribution < -0.4 is 0 Å². The van der Waals surface area contributed by atoms with E-state index in [1.165, 1.54) is 24.3 Å². The highest BCUT2D eigenvalue weighted by Gasteiger charge is 2.30. The maximum Gasteiger partial charge on any atom is 0.338 e. The Morgan fingerprint density at radius 1 is 1.20 bits per heavy atom. The Hall–Kier alpha value is -1.73. The third-order valence-corrected chi connectivity index (χ3v) is 5.91. The molecule has 0 amide bonds. The summed E-state index contributed by atoms with van der Waals surface area (Å²) in [5.41, 5.74) is 2.35. The fourth-order valence-corrected chi connectivity index (χ4v) is 4.17. The summed E-state index contributed by atoms with van der Waals surface area (Å²) in [6.45, 7) is 2.43. The van der Waals surface area contributed by atoms with E-state index in [1.54, 1.807) is 6.07 Å². The van der Waals surface area contributed by atoms with Crippen molar-refractivity contribution in [3.05, 3.63) is 69.2 Å². The summed E-state index contributed by atoms with van der Waals surface area (Å²) >= 11 is 6.14. The van der Waals surface area contributed by atoms with E-state index in [0.29, 0.717) is 43.6 Å². The Labute approximate surface area is 185 Å². The molecule has 0 unspecified atom stereocenters. The van der Waals surface area contributed by atoms with Crippen molar-refractivity contribution in [2.75, 3.05) is 19.7 Å². The van der Waals surface area contributed by atoms with Gasteiger partial charge in [-0.3, -0.25) is 4.90 Å². The van der Waals surface area contributed by atoms with E-state index >= 15 is 0 Å². The Balaban J connectivity index is 0.00000256. The second-order valence-corrected chi connectivity index (χ2v) is 8.19. The number of benzene rings is 2. The third-order valence-electron chi connectivity index (χ3n) is 5.56. The monoisotopic (exact) mass is 457 g/mol. The highest BCUT2D eigenvalue weighted by atomic mass is 35.5. The molecule has 162 valence electrons. The van der Waals surface area contributed by atoms with E-state index in [9.17, 15) is 18.7 Å². The van der Waals surface area contributed by atoms with Crippen LogP contribution in [-0.2, 0) is 17.7 Å². The van der Waals surface area contributed by atoms with Gasteiger partial charge in [-0.2, -0.15) is 0 Å². The van der Waals surface area contributed by atoms with Gasteiger partial charge >= 0.3 is 5.97 Å². The molecule has 1 aliphatic heterocycles. The van der Waals surface area contributed by atoms with Gasteiger partial charge in [-0.15, -0.1) is 12.4 Å². The molecule has 0 radical (unpaired) electrons. The number of ether oxygens (including phenoxy) is 1. The molecule has 0 aromatic heterocycles. The van der Waals surface area contributed by atoms with Crippen LogP contribution in [0.4, 0.5) is 8.78 Å². The van der Waals surface area contributed by atoms with E-state index in [4.69, 9.17) is 16.3 Å². The number of morpholine rings is 1. The molecular formula is C22H23Cl2F2NO3. The predicted octanol–water partition coefficient (Wildman–Crippen LogP) is 5.06. The lowest BCUT2D eigenvalue weighted by Gasteiger charge is -2.33. The average Bonchev–Trinajstić information content (AvgIpc) is 3.49. The molecule has 2 fully saturated rings. The molecule has 4 nitrogen and oxygen atoms in total. The zero-order chi connectivity index (χ0) is 20.5. The fourth-order valence-electron chi connectivity index (χ4n) is 3.93. The van der Waals surface area contributed by atoms with Crippen molar-refractivity contribution in [3.63, 3.8) is 0 Å². The minimum absolute atomic E-state index is 0. The van der Waals surface area contributed by atoms with Crippen molar-refractivity contribution in [2.45, 2.75) is 37.8 Å². The molecule has 1 aliphatic carbocycles. The van der Waals surface area contributed by atoms with Crippen LogP contribution in [0.15, 0.2) is 30.3 Å². The standard InChI is InChI=1S/C22H22ClF2NO3.ClH/c23-20-9-16(24)4-3-14(20)7-17-12-26(5-6-29-17)11-15-8-21(25)19(22(27)28)10-18(15)13-1-2-13;/h3-4,8-10,13,17H,1-2,5-7,11-12H2,(H,27,28);1H/t17-;/m1./s1. The molecule has 1 heterocycles. The van der Waals surface area contributed by atoms with Gasteiger partial charge in [0.05, 0.1) is 18.3 Å². The van der Waals surface area contributed by atoms with Crippen LogP contribution in [0.5, 0.6) is 0 Å². The largest absolute Gasteiger partial charge is 0.478 e. The van der Waals surface area contributed by atoms with E-state index in [0.717, 1.165) is 29.5 Å². The van der Waals surface area contributed by atoms with Crippen molar-refractivity contribution in [2.24, 2.45) is 0 Å². The SMILES string of the molecule is Cl.O=C(O)c1cc(C2CC2)c(CN2CCO[C@H](Cc3ccc(F)cc3Cl)C2)cc1F. The van der Waals surface area contributed by atoms with Crippen molar-refractivity contribution in [1.29, 1.82) is 0 Å². The maximum absolute atomic E-state index is 14.3. The van der Waals surface area contributed by atoms with Crippen molar-refractivity contribution in [1.82, 2.24) is 4.90 Å². The van der Waals surface area contributed by atoms with E-state index < -0.39 is 11.8 Å². The van der Waals surface area contributed by atoms with Crippen LogP contribution in [0.25, 0.3) is 0 Å². The van der Waals surface area contributed by atoms with Gasteiger partial charge in [0, 0.05) is 31.1 Å². The van der Waals surface area contributed by atoms with Gasteiger partial charge in [-0.05, 0) is 59.7 Å². The molecule has 0 spiro atoms. The molecule has 2 aromatic rings. The molecular weight excluding hydrogens is 435 g/mol. The van der Waals surface area contributed by atoms with Gasteiger partial charge in [-0.1, -0.05) is 17.7 Å². The Morgan fingerprint density at radius 2 is 1.97 bits per heavy atom. The number of carboxylic acid groups (broad SMARTS) is 1. The number of hydrogen-bond acceptors (Lipinski definition) is 3. The smallest absolute Gasteiger partial charge is 0.338 e. The summed E-state index contributed by atoms with van der Waals surface area (Å²) in [7, 11) is 0. The lowest BCUT2D eigenvalue weighted by Crippen LogP contribution is -2.43. The number of hydrogen-bond donors (Lipinski definition) is 1. The summed E-state index contributed by atoms with van der Waals surface area (Å²) in [5, 5.41) is 9.60. The average molecular weight is 458 g/mol. The molecule has 1 atom stereocenters. The molecule has 2 aliphatic rings. The molecule has 2 aromatic carbocycles. The normalized spacial score (nSPS) is 19.4. The van der Waals surface area contributed by atoms with Gasteiger partial charge < -0.3 is 9.84 Å². The molecule has 30 heavy (non-hydrogen) atoms. The number of carboxylic acids is 1.